The molecular formula is C19H24N2O4S. The van der Waals surface area contributed by atoms with E-state index in [1.807, 2.05) is 17.5 Å². The van der Waals surface area contributed by atoms with Gasteiger partial charge in [-0.25, -0.2) is 0 Å². The normalized spacial score (nSPS) is 10.5. The minimum Gasteiger partial charge on any atom is -0.493 e. The number of benzene rings is 1. The summed E-state index contributed by atoms with van der Waals surface area (Å²) in [6, 6.07) is 8.67. The number of hydrogen-bond acceptors (Lipinski definition) is 5. The van der Waals surface area contributed by atoms with Gasteiger partial charge in [-0.15, -0.1) is 11.3 Å². The van der Waals surface area contributed by atoms with Crippen LogP contribution in [0.1, 0.15) is 35.5 Å². The molecule has 0 bridgehead atoms. The Morgan fingerprint density at radius 2 is 1.96 bits per heavy atom. The van der Waals surface area contributed by atoms with Crippen LogP contribution in [0.4, 0.5) is 0 Å². The number of nitrogens with one attached hydrogen (secondary N) is 2. The Kier molecular flexibility index (Phi) is 7.47. The molecule has 26 heavy (non-hydrogen) atoms. The van der Waals surface area contributed by atoms with Crippen LogP contribution in [0.3, 0.4) is 0 Å². The highest BCUT2D eigenvalue weighted by Gasteiger charge is 2.12. The summed E-state index contributed by atoms with van der Waals surface area (Å²) < 4.78 is 11.0. The highest BCUT2D eigenvalue weighted by Crippen LogP contribution is 2.28. The zero-order valence-corrected chi connectivity index (χ0v) is 16.0. The third kappa shape index (κ3) is 6.07. The summed E-state index contributed by atoms with van der Waals surface area (Å²) in [4.78, 5) is 25.0. The maximum atomic E-state index is 12.2. The van der Waals surface area contributed by atoms with Crippen molar-refractivity contribution >= 4 is 23.2 Å². The lowest BCUT2D eigenvalue weighted by molar-refractivity contribution is -0.121. The number of ether oxygens (including phenoxy) is 2. The number of amides is 2. The summed E-state index contributed by atoms with van der Waals surface area (Å²) in [5.74, 6) is 0.916. The van der Waals surface area contributed by atoms with Crippen LogP contribution in [0.2, 0.25) is 0 Å². The molecule has 6 nitrogen and oxygen atoms in total. The smallest absolute Gasteiger partial charge is 0.269 e. The van der Waals surface area contributed by atoms with E-state index in [2.05, 4.69) is 24.7 Å². The Labute approximate surface area is 157 Å². The fraction of sp³-hybridized carbons (Fsp3) is 0.368. The fourth-order valence-corrected chi connectivity index (χ4v) is 2.85. The first-order chi connectivity index (χ1) is 12.5. The molecule has 0 saturated carbocycles. The standard InChI is InChI=1S/C19H24N2O4S/c1-13(2)8-9-25-16-7-6-14(11-17(16)24-3)19(23)21-20-18(22)12-15-5-4-10-26-15/h4-7,10-11,13H,8-9,12H2,1-3H3,(H,20,22)(H,21,23). The summed E-state index contributed by atoms with van der Waals surface area (Å²) in [7, 11) is 1.52. The van der Waals surface area contributed by atoms with Crippen molar-refractivity contribution in [3.05, 3.63) is 46.2 Å². The van der Waals surface area contributed by atoms with Gasteiger partial charge in [-0.05, 0) is 42.0 Å². The predicted octanol–water partition coefficient (Wildman–Crippen LogP) is 3.19. The molecule has 1 aromatic heterocycles. The third-order valence-corrected chi connectivity index (χ3v) is 4.49. The van der Waals surface area contributed by atoms with Gasteiger partial charge in [0.05, 0.1) is 20.1 Å². The highest BCUT2D eigenvalue weighted by atomic mass is 32.1. The number of carbonyl (C=O) groups excluding carboxylic acids is 2. The Balaban J connectivity index is 1.90. The van der Waals surface area contributed by atoms with E-state index in [0.29, 0.717) is 29.6 Å². The molecule has 0 fully saturated rings. The number of carbonyl (C=O) groups is 2. The second-order valence-corrected chi connectivity index (χ2v) is 7.19. The summed E-state index contributed by atoms with van der Waals surface area (Å²) >= 11 is 1.49. The van der Waals surface area contributed by atoms with E-state index < -0.39 is 5.91 Å². The average Bonchev–Trinajstić information content (AvgIpc) is 3.12. The molecule has 2 amide bonds. The van der Waals surface area contributed by atoms with Crippen molar-refractivity contribution in [3.63, 3.8) is 0 Å². The van der Waals surface area contributed by atoms with E-state index in [0.717, 1.165) is 11.3 Å². The predicted molar refractivity (Wildman–Crippen MR) is 102 cm³/mol. The molecule has 1 aromatic carbocycles. The van der Waals surface area contributed by atoms with Gasteiger partial charge in [0.25, 0.3) is 5.91 Å². The first kappa shape index (κ1) is 19.8. The van der Waals surface area contributed by atoms with Crippen molar-refractivity contribution in [2.75, 3.05) is 13.7 Å². The maximum Gasteiger partial charge on any atom is 0.269 e. The summed E-state index contributed by atoms with van der Waals surface area (Å²) in [5, 5.41) is 1.90. The van der Waals surface area contributed by atoms with Gasteiger partial charge in [-0.1, -0.05) is 19.9 Å². The molecule has 140 valence electrons. The molecule has 0 spiro atoms. The van der Waals surface area contributed by atoms with Crippen LogP contribution in [0.25, 0.3) is 0 Å². The van der Waals surface area contributed by atoms with Gasteiger partial charge in [0.1, 0.15) is 0 Å². The SMILES string of the molecule is COc1cc(C(=O)NNC(=O)Cc2cccs2)ccc1OCCC(C)C. The van der Waals surface area contributed by atoms with Crippen molar-refractivity contribution in [2.45, 2.75) is 26.7 Å². The van der Waals surface area contributed by atoms with Crippen LogP contribution in [-0.4, -0.2) is 25.5 Å². The molecule has 0 aliphatic rings. The summed E-state index contributed by atoms with van der Waals surface area (Å²) in [5.41, 5.74) is 5.19. The summed E-state index contributed by atoms with van der Waals surface area (Å²) in [6.07, 6.45) is 1.16. The largest absolute Gasteiger partial charge is 0.493 e. The Hall–Kier alpha value is -2.54. The first-order valence-electron chi connectivity index (χ1n) is 8.42. The molecule has 0 saturated heterocycles. The van der Waals surface area contributed by atoms with Gasteiger partial charge in [0.2, 0.25) is 5.91 Å². The second-order valence-electron chi connectivity index (χ2n) is 6.16. The fourth-order valence-electron chi connectivity index (χ4n) is 2.15. The molecule has 0 atom stereocenters. The molecule has 2 N–H and O–H groups in total. The number of hydrazine groups is 1. The van der Waals surface area contributed by atoms with Crippen LogP contribution < -0.4 is 20.3 Å². The van der Waals surface area contributed by atoms with Crippen LogP contribution in [0.5, 0.6) is 11.5 Å². The van der Waals surface area contributed by atoms with Crippen LogP contribution in [-0.2, 0) is 11.2 Å². The van der Waals surface area contributed by atoms with Gasteiger partial charge in [0.15, 0.2) is 11.5 Å². The van der Waals surface area contributed by atoms with Gasteiger partial charge in [0, 0.05) is 10.4 Å². The van der Waals surface area contributed by atoms with Crippen molar-refractivity contribution < 1.29 is 19.1 Å². The molecule has 0 radical (unpaired) electrons. The molecule has 0 unspecified atom stereocenters. The first-order valence-corrected chi connectivity index (χ1v) is 9.30. The Morgan fingerprint density at radius 1 is 1.15 bits per heavy atom. The lowest BCUT2D eigenvalue weighted by Gasteiger charge is -2.13. The van der Waals surface area contributed by atoms with Gasteiger partial charge in [-0.2, -0.15) is 0 Å². The van der Waals surface area contributed by atoms with Crippen LogP contribution in [0, 0.1) is 5.92 Å². The van der Waals surface area contributed by atoms with Gasteiger partial charge >= 0.3 is 0 Å². The van der Waals surface area contributed by atoms with Crippen molar-refractivity contribution in [1.82, 2.24) is 10.9 Å². The van der Waals surface area contributed by atoms with E-state index in [4.69, 9.17) is 9.47 Å². The van der Waals surface area contributed by atoms with E-state index >= 15 is 0 Å². The monoisotopic (exact) mass is 376 g/mol. The lowest BCUT2D eigenvalue weighted by Crippen LogP contribution is -2.42. The molecule has 7 heteroatoms. The van der Waals surface area contributed by atoms with Crippen molar-refractivity contribution in [1.29, 1.82) is 0 Å². The molecule has 1 heterocycles. The number of thiophene rings is 1. The van der Waals surface area contributed by atoms with Gasteiger partial charge in [-0.3, -0.25) is 20.4 Å². The minimum atomic E-state index is -0.420. The zero-order valence-electron chi connectivity index (χ0n) is 15.2. The van der Waals surface area contributed by atoms with E-state index in [1.54, 1.807) is 18.2 Å². The van der Waals surface area contributed by atoms with Crippen molar-refractivity contribution in [2.24, 2.45) is 5.92 Å². The number of hydrogen-bond donors (Lipinski definition) is 2. The van der Waals surface area contributed by atoms with E-state index in [-0.39, 0.29) is 12.3 Å². The molecular weight excluding hydrogens is 352 g/mol. The highest BCUT2D eigenvalue weighted by molar-refractivity contribution is 7.10. The Morgan fingerprint density at radius 3 is 2.62 bits per heavy atom. The molecule has 2 rings (SSSR count). The van der Waals surface area contributed by atoms with Crippen LogP contribution >= 0.6 is 11.3 Å². The third-order valence-electron chi connectivity index (χ3n) is 3.61. The molecule has 0 aliphatic carbocycles. The van der Waals surface area contributed by atoms with Crippen molar-refractivity contribution in [3.8, 4) is 11.5 Å². The lowest BCUT2D eigenvalue weighted by atomic mass is 10.1. The Bertz CT molecular complexity index is 729. The number of methoxy groups -OCH3 is 1. The molecule has 0 aliphatic heterocycles. The van der Waals surface area contributed by atoms with Gasteiger partial charge < -0.3 is 9.47 Å². The second kappa shape index (κ2) is 9.82. The topological polar surface area (TPSA) is 76.7 Å². The van der Waals surface area contributed by atoms with E-state index in [9.17, 15) is 9.59 Å². The van der Waals surface area contributed by atoms with E-state index in [1.165, 1.54) is 18.4 Å². The van der Waals surface area contributed by atoms with Crippen LogP contribution in [0.15, 0.2) is 35.7 Å². The number of rotatable bonds is 8. The average molecular weight is 376 g/mol. The zero-order chi connectivity index (χ0) is 18.9. The maximum absolute atomic E-state index is 12.2. The quantitative estimate of drug-likeness (QED) is 0.694. The summed E-state index contributed by atoms with van der Waals surface area (Å²) in [6.45, 7) is 4.83. The minimum absolute atomic E-state index is 0.226. The molecule has 2 aromatic rings.